The Bertz CT molecular complexity index is 259. The molecule has 0 saturated carbocycles. The Morgan fingerprint density at radius 2 is 2.36 bits per heavy atom. The van der Waals surface area contributed by atoms with Crippen LogP contribution >= 0.6 is 0 Å². The smallest absolute Gasteiger partial charge is 0.0804 e. The molecule has 0 radical (unpaired) electrons. The van der Waals surface area contributed by atoms with E-state index in [2.05, 4.69) is 6.08 Å². The van der Waals surface area contributed by atoms with E-state index in [1.54, 1.807) is 0 Å². The van der Waals surface area contributed by atoms with Crippen LogP contribution in [0.1, 0.15) is 38.5 Å². The summed E-state index contributed by atoms with van der Waals surface area (Å²) in [6.45, 7) is 0. The number of fused-ring (bicyclic) bond motifs is 2. The minimum atomic E-state index is -0.201. The number of hydrogen-bond donors (Lipinski definition) is 1. The zero-order chi connectivity index (χ0) is 9.54. The van der Waals surface area contributed by atoms with Crippen molar-refractivity contribution in [2.45, 2.75) is 56.8 Å². The highest BCUT2D eigenvalue weighted by Crippen LogP contribution is 2.42. The molecule has 1 N–H and O–H groups in total. The molecule has 4 atom stereocenters. The van der Waals surface area contributed by atoms with E-state index in [4.69, 9.17) is 4.74 Å². The molecule has 2 heteroatoms. The molecule has 0 amide bonds. The first-order valence-corrected chi connectivity index (χ1v) is 5.87. The Kier molecular flexibility index (Phi) is 2.14. The predicted molar refractivity (Wildman–Crippen MR) is 53.9 cm³/mol. The summed E-state index contributed by atoms with van der Waals surface area (Å²) in [6, 6.07) is 0. The van der Waals surface area contributed by atoms with Gasteiger partial charge in [0.15, 0.2) is 0 Å². The van der Waals surface area contributed by atoms with Crippen molar-refractivity contribution < 1.29 is 9.84 Å². The summed E-state index contributed by atoms with van der Waals surface area (Å²) in [5.74, 6) is 0.401. The van der Waals surface area contributed by atoms with E-state index in [0.29, 0.717) is 18.1 Å². The van der Waals surface area contributed by atoms with E-state index in [1.807, 2.05) is 0 Å². The zero-order valence-electron chi connectivity index (χ0n) is 8.48. The molecule has 2 heterocycles. The fourth-order valence-corrected chi connectivity index (χ4v) is 3.25. The lowest BCUT2D eigenvalue weighted by atomic mass is 9.82. The summed E-state index contributed by atoms with van der Waals surface area (Å²) in [5.41, 5.74) is 1.28. The van der Waals surface area contributed by atoms with Gasteiger partial charge >= 0.3 is 0 Å². The Balaban J connectivity index is 1.70. The fraction of sp³-hybridized carbons (Fsp3) is 0.833. The van der Waals surface area contributed by atoms with Crippen LogP contribution in [0.2, 0.25) is 0 Å². The van der Waals surface area contributed by atoms with Crippen molar-refractivity contribution in [3.63, 3.8) is 0 Å². The summed E-state index contributed by atoms with van der Waals surface area (Å²) < 4.78 is 5.78. The van der Waals surface area contributed by atoms with Crippen LogP contribution < -0.4 is 0 Å². The molecule has 4 unspecified atom stereocenters. The number of aliphatic hydroxyl groups excluding tert-OH is 1. The lowest BCUT2D eigenvalue weighted by molar-refractivity contribution is 0.0567. The van der Waals surface area contributed by atoms with E-state index in [-0.39, 0.29) is 6.10 Å². The van der Waals surface area contributed by atoms with Crippen LogP contribution in [-0.2, 0) is 4.74 Å². The quantitative estimate of drug-likeness (QED) is 0.681. The number of ether oxygens (including phenoxy) is 1. The van der Waals surface area contributed by atoms with Crippen molar-refractivity contribution in [2.24, 2.45) is 5.92 Å². The zero-order valence-corrected chi connectivity index (χ0v) is 8.48. The van der Waals surface area contributed by atoms with E-state index in [9.17, 15) is 5.11 Å². The van der Waals surface area contributed by atoms with Gasteiger partial charge in [0.1, 0.15) is 0 Å². The highest BCUT2D eigenvalue weighted by Gasteiger charge is 2.44. The second-order valence-electron chi connectivity index (χ2n) is 4.89. The van der Waals surface area contributed by atoms with Crippen molar-refractivity contribution >= 4 is 0 Å². The van der Waals surface area contributed by atoms with Gasteiger partial charge in [-0.25, -0.2) is 0 Å². The Morgan fingerprint density at radius 1 is 1.43 bits per heavy atom. The van der Waals surface area contributed by atoms with Crippen LogP contribution in [-0.4, -0.2) is 23.4 Å². The molecule has 2 nitrogen and oxygen atoms in total. The molecule has 3 aliphatic rings. The SMILES string of the molecule is OC(C1=CCCC1)C1CC2CCC1O2. The average molecular weight is 194 g/mol. The molecule has 0 aromatic carbocycles. The Morgan fingerprint density at radius 3 is 2.93 bits per heavy atom. The van der Waals surface area contributed by atoms with Crippen molar-refractivity contribution in [3.05, 3.63) is 11.6 Å². The first-order chi connectivity index (χ1) is 6.84. The molecular weight excluding hydrogens is 176 g/mol. The van der Waals surface area contributed by atoms with Gasteiger partial charge in [-0.05, 0) is 44.1 Å². The molecule has 14 heavy (non-hydrogen) atoms. The molecule has 2 saturated heterocycles. The van der Waals surface area contributed by atoms with Crippen LogP contribution in [0.25, 0.3) is 0 Å². The first kappa shape index (κ1) is 8.93. The molecule has 3 rings (SSSR count). The van der Waals surface area contributed by atoms with Gasteiger partial charge in [0, 0.05) is 5.92 Å². The predicted octanol–water partition coefficient (Wildman–Crippen LogP) is 2.03. The van der Waals surface area contributed by atoms with Crippen LogP contribution in [0.15, 0.2) is 11.6 Å². The summed E-state index contributed by atoms with van der Waals surface area (Å²) in [4.78, 5) is 0. The summed E-state index contributed by atoms with van der Waals surface area (Å²) in [7, 11) is 0. The number of rotatable bonds is 2. The normalized spacial score (nSPS) is 42.9. The topological polar surface area (TPSA) is 29.5 Å². The number of aliphatic hydroxyl groups is 1. The molecule has 78 valence electrons. The van der Waals surface area contributed by atoms with E-state index >= 15 is 0 Å². The standard InChI is InChI=1S/C12H18O2/c13-12(8-3-1-2-4-8)10-7-9-5-6-11(10)14-9/h3,9-13H,1-2,4-7H2. The third-order valence-corrected chi connectivity index (χ3v) is 4.01. The van der Waals surface area contributed by atoms with Crippen molar-refractivity contribution in [3.8, 4) is 0 Å². The maximum atomic E-state index is 10.2. The summed E-state index contributed by atoms with van der Waals surface area (Å²) >= 11 is 0. The molecule has 0 aromatic heterocycles. The average Bonchev–Trinajstić information content (AvgIpc) is 2.93. The second-order valence-corrected chi connectivity index (χ2v) is 4.89. The molecule has 2 bridgehead atoms. The first-order valence-electron chi connectivity index (χ1n) is 5.87. The van der Waals surface area contributed by atoms with Gasteiger partial charge in [-0.3, -0.25) is 0 Å². The van der Waals surface area contributed by atoms with Gasteiger partial charge < -0.3 is 9.84 Å². The fourth-order valence-electron chi connectivity index (χ4n) is 3.25. The lowest BCUT2D eigenvalue weighted by Crippen LogP contribution is -2.30. The van der Waals surface area contributed by atoms with Crippen LogP contribution in [0.4, 0.5) is 0 Å². The van der Waals surface area contributed by atoms with Crippen molar-refractivity contribution in [2.75, 3.05) is 0 Å². The van der Waals surface area contributed by atoms with Gasteiger partial charge in [0.2, 0.25) is 0 Å². The Hall–Kier alpha value is -0.340. The number of hydrogen-bond acceptors (Lipinski definition) is 2. The molecule has 2 aliphatic heterocycles. The summed E-state index contributed by atoms with van der Waals surface area (Å²) in [6.07, 6.45) is 9.81. The van der Waals surface area contributed by atoms with Crippen LogP contribution in [0.5, 0.6) is 0 Å². The number of allylic oxidation sites excluding steroid dienone is 1. The maximum Gasteiger partial charge on any atom is 0.0804 e. The molecule has 2 fully saturated rings. The summed E-state index contributed by atoms with van der Waals surface area (Å²) in [5, 5.41) is 10.2. The van der Waals surface area contributed by atoms with Gasteiger partial charge in [-0.2, -0.15) is 0 Å². The highest BCUT2D eigenvalue weighted by atomic mass is 16.5. The van der Waals surface area contributed by atoms with Crippen molar-refractivity contribution in [1.29, 1.82) is 0 Å². The monoisotopic (exact) mass is 194 g/mol. The van der Waals surface area contributed by atoms with Crippen LogP contribution in [0, 0.1) is 5.92 Å². The van der Waals surface area contributed by atoms with Gasteiger partial charge in [0.25, 0.3) is 0 Å². The minimum absolute atomic E-state index is 0.201. The second kappa shape index (κ2) is 3.35. The molecule has 1 aliphatic carbocycles. The molecule has 0 spiro atoms. The van der Waals surface area contributed by atoms with Crippen molar-refractivity contribution in [1.82, 2.24) is 0 Å². The van der Waals surface area contributed by atoms with E-state index < -0.39 is 0 Å². The van der Waals surface area contributed by atoms with E-state index in [1.165, 1.54) is 24.8 Å². The van der Waals surface area contributed by atoms with Crippen LogP contribution in [0.3, 0.4) is 0 Å². The molecular formula is C12H18O2. The maximum absolute atomic E-state index is 10.2. The largest absolute Gasteiger partial charge is 0.388 e. The van der Waals surface area contributed by atoms with Gasteiger partial charge in [-0.1, -0.05) is 6.08 Å². The van der Waals surface area contributed by atoms with Gasteiger partial charge in [-0.15, -0.1) is 0 Å². The van der Waals surface area contributed by atoms with Gasteiger partial charge in [0.05, 0.1) is 18.3 Å². The van der Waals surface area contributed by atoms with E-state index in [0.717, 1.165) is 19.3 Å². The third kappa shape index (κ3) is 1.32. The minimum Gasteiger partial charge on any atom is -0.388 e. The highest BCUT2D eigenvalue weighted by molar-refractivity contribution is 5.16. The lowest BCUT2D eigenvalue weighted by Gasteiger charge is -2.25. The third-order valence-electron chi connectivity index (χ3n) is 4.01. The molecule has 0 aromatic rings. The Labute approximate surface area is 85.0 Å².